The minimum absolute atomic E-state index is 0.840. The van der Waals surface area contributed by atoms with Crippen molar-refractivity contribution >= 4 is 16.6 Å². The maximum atomic E-state index is 5.79. The maximum Gasteiger partial charge on any atom is 0.0489 e. The van der Waals surface area contributed by atoms with Crippen LogP contribution in [0.2, 0.25) is 0 Å². The molecule has 0 aliphatic rings. The second-order valence-corrected chi connectivity index (χ2v) is 3.64. The van der Waals surface area contributed by atoms with Gasteiger partial charge in [-0.1, -0.05) is 0 Å². The molecule has 0 radical (unpaired) electrons. The molecule has 0 spiro atoms. The molecule has 0 bridgehead atoms. The van der Waals surface area contributed by atoms with Gasteiger partial charge >= 0.3 is 0 Å². The molecular weight excluding hydrogens is 160 g/mol. The molecule has 1 aromatic carbocycles. The summed E-state index contributed by atoms with van der Waals surface area (Å²) in [6, 6.07) is 4.03. The Morgan fingerprint density at radius 3 is 2.54 bits per heavy atom. The maximum absolute atomic E-state index is 5.79. The predicted octanol–water partition coefficient (Wildman–Crippen LogP) is 2.68. The average Bonchev–Trinajstić information content (AvgIpc) is 2.32. The highest BCUT2D eigenvalue weighted by Crippen LogP contribution is 2.26. The lowest BCUT2D eigenvalue weighted by atomic mass is 10.1. The van der Waals surface area contributed by atoms with Crippen LogP contribution in [0.15, 0.2) is 12.1 Å². The van der Waals surface area contributed by atoms with Crippen LogP contribution in [0.25, 0.3) is 10.9 Å². The molecule has 1 heterocycles. The van der Waals surface area contributed by atoms with Gasteiger partial charge in [-0.2, -0.15) is 0 Å². The number of aryl methyl sites for hydroxylation is 3. The van der Waals surface area contributed by atoms with E-state index >= 15 is 0 Å². The van der Waals surface area contributed by atoms with E-state index in [0.29, 0.717) is 0 Å². The van der Waals surface area contributed by atoms with E-state index in [9.17, 15) is 0 Å². The first kappa shape index (κ1) is 8.17. The molecule has 0 saturated heterocycles. The van der Waals surface area contributed by atoms with Gasteiger partial charge in [0, 0.05) is 22.3 Å². The van der Waals surface area contributed by atoms with Crippen molar-refractivity contribution in [2.24, 2.45) is 0 Å². The number of benzene rings is 1. The highest BCUT2D eigenvalue weighted by atomic mass is 14.7. The number of anilines is 1. The molecule has 3 N–H and O–H groups in total. The van der Waals surface area contributed by atoms with E-state index in [1.807, 2.05) is 12.1 Å². The van der Waals surface area contributed by atoms with Crippen LogP contribution in [0.5, 0.6) is 0 Å². The number of fused-ring (bicyclic) bond motifs is 1. The Balaban J connectivity index is 2.94. The molecule has 0 unspecified atom stereocenters. The fraction of sp³-hybridized carbons (Fsp3) is 0.273. The Morgan fingerprint density at radius 1 is 1.15 bits per heavy atom. The molecule has 2 nitrogen and oxygen atoms in total. The summed E-state index contributed by atoms with van der Waals surface area (Å²) in [7, 11) is 0. The van der Waals surface area contributed by atoms with Gasteiger partial charge in [-0.15, -0.1) is 0 Å². The van der Waals surface area contributed by atoms with Crippen molar-refractivity contribution in [2.45, 2.75) is 20.8 Å². The number of H-pyrrole nitrogens is 1. The first-order valence-corrected chi connectivity index (χ1v) is 4.44. The highest BCUT2D eigenvalue weighted by Gasteiger charge is 2.06. The minimum atomic E-state index is 0.840. The quantitative estimate of drug-likeness (QED) is 0.592. The van der Waals surface area contributed by atoms with Gasteiger partial charge in [0.05, 0.1) is 0 Å². The number of aromatic nitrogens is 1. The molecule has 1 aromatic heterocycles. The summed E-state index contributed by atoms with van der Waals surface area (Å²) in [4.78, 5) is 3.37. The number of nitrogens with one attached hydrogen (secondary N) is 1. The second-order valence-electron chi connectivity index (χ2n) is 3.64. The summed E-state index contributed by atoms with van der Waals surface area (Å²) < 4.78 is 0. The lowest BCUT2D eigenvalue weighted by Gasteiger charge is -1.99. The topological polar surface area (TPSA) is 41.8 Å². The molecule has 2 heteroatoms. The Kier molecular flexibility index (Phi) is 1.59. The zero-order valence-corrected chi connectivity index (χ0v) is 8.23. The molecule has 2 aromatic rings. The van der Waals surface area contributed by atoms with E-state index in [-0.39, 0.29) is 0 Å². The summed E-state index contributed by atoms with van der Waals surface area (Å²) in [5.74, 6) is 0. The van der Waals surface area contributed by atoms with E-state index in [1.54, 1.807) is 0 Å². The van der Waals surface area contributed by atoms with Crippen molar-refractivity contribution in [1.82, 2.24) is 4.98 Å². The number of aromatic amines is 1. The van der Waals surface area contributed by atoms with E-state index < -0.39 is 0 Å². The SMILES string of the molecule is Cc1[nH]c2c(C)cc(N)cc2c1C. The first-order valence-electron chi connectivity index (χ1n) is 4.44. The number of rotatable bonds is 0. The molecule has 2 rings (SSSR count). The summed E-state index contributed by atoms with van der Waals surface area (Å²) >= 11 is 0. The van der Waals surface area contributed by atoms with Crippen molar-refractivity contribution < 1.29 is 0 Å². The Morgan fingerprint density at radius 2 is 1.85 bits per heavy atom. The molecule has 0 fully saturated rings. The van der Waals surface area contributed by atoms with Crippen molar-refractivity contribution in [3.05, 3.63) is 29.0 Å². The van der Waals surface area contributed by atoms with Crippen LogP contribution in [0.4, 0.5) is 5.69 Å². The Bertz CT molecular complexity index is 466. The number of hydrogen-bond acceptors (Lipinski definition) is 1. The van der Waals surface area contributed by atoms with E-state index in [1.165, 1.54) is 27.7 Å². The average molecular weight is 174 g/mol. The third kappa shape index (κ3) is 1.10. The van der Waals surface area contributed by atoms with E-state index in [4.69, 9.17) is 5.73 Å². The Labute approximate surface area is 77.8 Å². The zero-order valence-electron chi connectivity index (χ0n) is 8.23. The predicted molar refractivity (Wildman–Crippen MR) is 56.9 cm³/mol. The lowest BCUT2D eigenvalue weighted by Crippen LogP contribution is -1.86. The fourth-order valence-corrected chi connectivity index (χ4v) is 1.76. The molecule has 0 amide bonds. The lowest BCUT2D eigenvalue weighted by molar-refractivity contribution is 1.25. The third-order valence-electron chi connectivity index (χ3n) is 2.64. The van der Waals surface area contributed by atoms with Crippen LogP contribution in [-0.4, -0.2) is 4.98 Å². The van der Waals surface area contributed by atoms with Gasteiger partial charge in [-0.25, -0.2) is 0 Å². The first-order chi connectivity index (χ1) is 6.09. The van der Waals surface area contributed by atoms with Gasteiger partial charge < -0.3 is 10.7 Å². The van der Waals surface area contributed by atoms with Gasteiger partial charge in [-0.05, 0) is 44.0 Å². The normalized spacial score (nSPS) is 11.0. The van der Waals surface area contributed by atoms with Crippen molar-refractivity contribution in [3.8, 4) is 0 Å². The van der Waals surface area contributed by atoms with Crippen LogP contribution >= 0.6 is 0 Å². The molecule has 13 heavy (non-hydrogen) atoms. The van der Waals surface area contributed by atoms with Crippen LogP contribution in [0.1, 0.15) is 16.8 Å². The standard InChI is InChI=1S/C11H14N2/c1-6-4-9(12)5-10-7(2)8(3)13-11(6)10/h4-5,13H,12H2,1-3H3. The number of hydrogen-bond donors (Lipinski definition) is 2. The number of nitrogen functional groups attached to an aromatic ring is 1. The smallest absolute Gasteiger partial charge is 0.0489 e. The van der Waals surface area contributed by atoms with Gasteiger partial charge in [0.2, 0.25) is 0 Å². The van der Waals surface area contributed by atoms with Crippen LogP contribution in [-0.2, 0) is 0 Å². The third-order valence-corrected chi connectivity index (χ3v) is 2.64. The van der Waals surface area contributed by atoms with Crippen LogP contribution < -0.4 is 5.73 Å². The fourth-order valence-electron chi connectivity index (χ4n) is 1.76. The Hall–Kier alpha value is -1.44. The molecule has 0 saturated carbocycles. The summed E-state index contributed by atoms with van der Waals surface area (Å²) in [6.07, 6.45) is 0. The van der Waals surface area contributed by atoms with E-state index in [0.717, 1.165) is 5.69 Å². The van der Waals surface area contributed by atoms with Crippen LogP contribution in [0, 0.1) is 20.8 Å². The van der Waals surface area contributed by atoms with Crippen LogP contribution in [0.3, 0.4) is 0 Å². The zero-order chi connectivity index (χ0) is 9.59. The minimum Gasteiger partial charge on any atom is -0.399 e. The molecule has 0 atom stereocenters. The number of nitrogens with two attached hydrogens (primary N) is 1. The van der Waals surface area contributed by atoms with Gasteiger partial charge in [0.1, 0.15) is 0 Å². The molecular formula is C11H14N2. The summed E-state index contributed by atoms with van der Waals surface area (Å²) in [5, 5.41) is 1.25. The van der Waals surface area contributed by atoms with Gasteiger partial charge in [0.25, 0.3) is 0 Å². The molecule has 68 valence electrons. The molecule has 0 aliphatic carbocycles. The van der Waals surface area contributed by atoms with Gasteiger partial charge in [0.15, 0.2) is 0 Å². The van der Waals surface area contributed by atoms with E-state index in [2.05, 4.69) is 25.8 Å². The van der Waals surface area contributed by atoms with Crippen molar-refractivity contribution in [2.75, 3.05) is 5.73 Å². The van der Waals surface area contributed by atoms with Crippen molar-refractivity contribution in [3.63, 3.8) is 0 Å². The highest BCUT2D eigenvalue weighted by molar-refractivity contribution is 5.89. The largest absolute Gasteiger partial charge is 0.399 e. The summed E-state index contributed by atoms with van der Waals surface area (Å²) in [5.41, 5.74) is 11.6. The second kappa shape index (κ2) is 2.52. The molecule has 0 aliphatic heterocycles. The summed E-state index contributed by atoms with van der Waals surface area (Å²) in [6.45, 7) is 6.28. The van der Waals surface area contributed by atoms with Crippen molar-refractivity contribution in [1.29, 1.82) is 0 Å². The monoisotopic (exact) mass is 174 g/mol. The van der Waals surface area contributed by atoms with Gasteiger partial charge in [-0.3, -0.25) is 0 Å².